The lowest BCUT2D eigenvalue weighted by Gasteiger charge is -2.05. The standard InChI is InChI=1S/C12H9BrClN3O/c13-9-3-8(4-10(14)5-9)12(18)16-6-11-1-2-15-7-17-11/h1-5,7H,6H2,(H,16,18). The van der Waals surface area contributed by atoms with Gasteiger partial charge in [-0.25, -0.2) is 9.97 Å². The number of nitrogens with one attached hydrogen (secondary N) is 1. The van der Waals surface area contributed by atoms with Gasteiger partial charge in [0.25, 0.3) is 5.91 Å². The highest BCUT2D eigenvalue weighted by Gasteiger charge is 2.07. The summed E-state index contributed by atoms with van der Waals surface area (Å²) in [6, 6.07) is 6.79. The van der Waals surface area contributed by atoms with E-state index in [1.54, 1.807) is 30.5 Å². The fourth-order valence-electron chi connectivity index (χ4n) is 1.38. The van der Waals surface area contributed by atoms with Gasteiger partial charge >= 0.3 is 0 Å². The Morgan fingerprint density at radius 3 is 2.89 bits per heavy atom. The Bertz CT molecular complexity index is 542. The molecule has 1 amide bonds. The fraction of sp³-hybridized carbons (Fsp3) is 0.0833. The van der Waals surface area contributed by atoms with Crippen LogP contribution >= 0.6 is 27.5 Å². The third-order valence-corrected chi connectivity index (χ3v) is 2.87. The van der Waals surface area contributed by atoms with E-state index in [1.165, 1.54) is 6.33 Å². The molecular formula is C12H9BrClN3O. The first-order valence-electron chi connectivity index (χ1n) is 5.14. The molecule has 0 fully saturated rings. The Balaban J connectivity index is 2.04. The smallest absolute Gasteiger partial charge is 0.251 e. The van der Waals surface area contributed by atoms with Gasteiger partial charge in [0.15, 0.2) is 0 Å². The van der Waals surface area contributed by atoms with Crippen LogP contribution in [0.15, 0.2) is 41.3 Å². The fourth-order valence-corrected chi connectivity index (χ4v) is 2.24. The number of rotatable bonds is 3. The lowest BCUT2D eigenvalue weighted by molar-refractivity contribution is 0.0950. The zero-order valence-corrected chi connectivity index (χ0v) is 11.6. The molecule has 1 aromatic heterocycles. The van der Waals surface area contributed by atoms with Crippen molar-refractivity contribution in [2.24, 2.45) is 0 Å². The molecule has 18 heavy (non-hydrogen) atoms. The molecule has 0 radical (unpaired) electrons. The lowest BCUT2D eigenvalue weighted by atomic mass is 10.2. The van der Waals surface area contributed by atoms with Gasteiger partial charge < -0.3 is 5.32 Å². The molecule has 2 aromatic rings. The molecule has 0 aliphatic rings. The van der Waals surface area contributed by atoms with Crippen molar-refractivity contribution in [1.82, 2.24) is 15.3 Å². The molecule has 0 saturated carbocycles. The maximum Gasteiger partial charge on any atom is 0.251 e. The van der Waals surface area contributed by atoms with Crippen molar-refractivity contribution in [1.29, 1.82) is 0 Å². The normalized spacial score (nSPS) is 10.1. The average molecular weight is 327 g/mol. The molecule has 0 unspecified atom stereocenters. The minimum atomic E-state index is -0.197. The molecule has 92 valence electrons. The molecule has 0 atom stereocenters. The van der Waals surface area contributed by atoms with Gasteiger partial charge in [0.2, 0.25) is 0 Å². The number of halogens is 2. The number of amides is 1. The average Bonchev–Trinajstić information content (AvgIpc) is 2.36. The highest BCUT2D eigenvalue weighted by atomic mass is 79.9. The third kappa shape index (κ3) is 3.51. The van der Waals surface area contributed by atoms with Gasteiger partial charge in [0.05, 0.1) is 12.2 Å². The van der Waals surface area contributed by atoms with Crippen LogP contribution in [0, 0.1) is 0 Å². The summed E-state index contributed by atoms with van der Waals surface area (Å²) in [6.45, 7) is 0.353. The predicted molar refractivity (Wildman–Crippen MR) is 72.4 cm³/mol. The molecule has 4 nitrogen and oxygen atoms in total. The van der Waals surface area contributed by atoms with Gasteiger partial charge in [-0.2, -0.15) is 0 Å². The number of hydrogen-bond acceptors (Lipinski definition) is 3. The van der Waals surface area contributed by atoms with Gasteiger partial charge in [0, 0.05) is 21.3 Å². The Kier molecular flexibility index (Phi) is 4.28. The second-order valence-electron chi connectivity index (χ2n) is 3.54. The Labute approximate surface area is 118 Å². The molecule has 1 aromatic carbocycles. The van der Waals surface area contributed by atoms with E-state index in [0.29, 0.717) is 17.1 Å². The van der Waals surface area contributed by atoms with Crippen LogP contribution in [-0.4, -0.2) is 15.9 Å². The quantitative estimate of drug-likeness (QED) is 0.943. The molecule has 0 aliphatic carbocycles. The molecule has 6 heteroatoms. The van der Waals surface area contributed by atoms with Crippen LogP contribution in [-0.2, 0) is 6.54 Å². The van der Waals surface area contributed by atoms with Crippen molar-refractivity contribution >= 4 is 33.4 Å². The van der Waals surface area contributed by atoms with Gasteiger partial charge in [-0.15, -0.1) is 0 Å². The van der Waals surface area contributed by atoms with Crippen LogP contribution in [0.25, 0.3) is 0 Å². The van der Waals surface area contributed by atoms with E-state index >= 15 is 0 Å². The summed E-state index contributed by atoms with van der Waals surface area (Å²) in [7, 11) is 0. The second kappa shape index (κ2) is 5.93. The Morgan fingerprint density at radius 1 is 1.39 bits per heavy atom. The topological polar surface area (TPSA) is 54.9 Å². The van der Waals surface area contributed by atoms with Crippen LogP contribution in [0.5, 0.6) is 0 Å². The number of carbonyl (C=O) groups is 1. The zero-order chi connectivity index (χ0) is 13.0. The first-order chi connectivity index (χ1) is 8.65. The molecule has 1 heterocycles. The molecule has 2 rings (SSSR count). The van der Waals surface area contributed by atoms with E-state index in [9.17, 15) is 4.79 Å². The maximum atomic E-state index is 11.9. The van der Waals surface area contributed by atoms with Gasteiger partial charge in [-0.3, -0.25) is 4.79 Å². The minimum Gasteiger partial charge on any atom is -0.346 e. The lowest BCUT2D eigenvalue weighted by Crippen LogP contribution is -2.23. The van der Waals surface area contributed by atoms with Crippen molar-refractivity contribution in [3.63, 3.8) is 0 Å². The summed E-state index contributed by atoms with van der Waals surface area (Å²) in [6.07, 6.45) is 3.07. The summed E-state index contributed by atoms with van der Waals surface area (Å²) in [4.78, 5) is 19.7. The van der Waals surface area contributed by atoms with Crippen molar-refractivity contribution < 1.29 is 4.79 Å². The van der Waals surface area contributed by atoms with Crippen LogP contribution < -0.4 is 5.32 Å². The number of aromatic nitrogens is 2. The van der Waals surface area contributed by atoms with Gasteiger partial charge in [-0.1, -0.05) is 27.5 Å². The van der Waals surface area contributed by atoms with E-state index < -0.39 is 0 Å². The van der Waals surface area contributed by atoms with Crippen molar-refractivity contribution in [2.75, 3.05) is 0 Å². The van der Waals surface area contributed by atoms with Crippen molar-refractivity contribution in [2.45, 2.75) is 6.54 Å². The van der Waals surface area contributed by atoms with Crippen molar-refractivity contribution in [3.05, 3.63) is 57.5 Å². The third-order valence-electron chi connectivity index (χ3n) is 2.20. The first kappa shape index (κ1) is 13.0. The van der Waals surface area contributed by atoms with Crippen LogP contribution in [0.4, 0.5) is 0 Å². The van der Waals surface area contributed by atoms with Crippen LogP contribution in [0.3, 0.4) is 0 Å². The minimum absolute atomic E-state index is 0.197. The monoisotopic (exact) mass is 325 g/mol. The second-order valence-corrected chi connectivity index (χ2v) is 4.89. The van der Waals surface area contributed by atoms with E-state index in [2.05, 4.69) is 31.2 Å². The van der Waals surface area contributed by atoms with E-state index in [0.717, 1.165) is 10.2 Å². The van der Waals surface area contributed by atoms with Crippen LogP contribution in [0.2, 0.25) is 5.02 Å². The first-order valence-corrected chi connectivity index (χ1v) is 6.31. The maximum absolute atomic E-state index is 11.9. The van der Waals surface area contributed by atoms with E-state index in [4.69, 9.17) is 11.6 Å². The highest BCUT2D eigenvalue weighted by molar-refractivity contribution is 9.10. The van der Waals surface area contributed by atoms with Gasteiger partial charge in [-0.05, 0) is 24.3 Å². The molecule has 0 spiro atoms. The summed E-state index contributed by atoms with van der Waals surface area (Å²) >= 11 is 9.17. The molecule has 1 N–H and O–H groups in total. The summed E-state index contributed by atoms with van der Waals surface area (Å²) in [5, 5.41) is 3.27. The van der Waals surface area contributed by atoms with Crippen molar-refractivity contribution in [3.8, 4) is 0 Å². The Hall–Kier alpha value is -1.46. The SMILES string of the molecule is O=C(NCc1ccncn1)c1cc(Cl)cc(Br)c1. The van der Waals surface area contributed by atoms with E-state index in [-0.39, 0.29) is 5.91 Å². The number of hydrogen-bond donors (Lipinski definition) is 1. The number of carbonyl (C=O) groups excluding carboxylic acids is 1. The van der Waals surface area contributed by atoms with E-state index in [1.807, 2.05) is 0 Å². The highest BCUT2D eigenvalue weighted by Crippen LogP contribution is 2.19. The molecule has 0 bridgehead atoms. The molecule has 0 saturated heterocycles. The number of benzene rings is 1. The summed E-state index contributed by atoms with van der Waals surface area (Å²) in [5.74, 6) is -0.197. The van der Waals surface area contributed by atoms with Gasteiger partial charge in [0.1, 0.15) is 6.33 Å². The van der Waals surface area contributed by atoms with Crippen LogP contribution in [0.1, 0.15) is 16.1 Å². The molecule has 0 aliphatic heterocycles. The summed E-state index contributed by atoms with van der Waals surface area (Å²) < 4.78 is 0.766. The largest absolute Gasteiger partial charge is 0.346 e. The Morgan fingerprint density at radius 2 is 2.22 bits per heavy atom. The molecular weight excluding hydrogens is 318 g/mol. The number of nitrogens with zero attached hydrogens (tertiary/aromatic N) is 2. The summed E-state index contributed by atoms with van der Waals surface area (Å²) in [5.41, 5.74) is 1.25. The predicted octanol–water partition coefficient (Wildman–Crippen LogP) is 2.82. The zero-order valence-electron chi connectivity index (χ0n) is 9.23.